The van der Waals surface area contributed by atoms with Gasteiger partial charge in [0.25, 0.3) is 0 Å². The number of hydrogen-bond donors (Lipinski definition) is 1. The molecule has 1 fully saturated rings. The molecule has 102 valence electrons. The predicted octanol–water partition coefficient (Wildman–Crippen LogP) is 4.28. The second-order valence-corrected chi connectivity index (χ2v) is 6.66. The Morgan fingerprint density at radius 1 is 1.50 bits per heavy atom. The molecule has 2 nitrogen and oxygen atoms in total. The van der Waals surface area contributed by atoms with Crippen LogP contribution in [0.2, 0.25) is 0 Å². The van der Waals surface area contributed by atoms with Crippen LogP contribution in [0, 0.1) is 5.92 Å². The first-order chi connectivity index (χ1) is 8.64. The van der Waals surface area contributed by atoms with E-state index in [1.807, 2.05) is 11.3 Å². The van der Waals surface area contributed by atoms with Gasteiger partial charge in [-0.15, -0.1) is 11.3 Å². The second kappa shape index (κ2) is 5.70. The van der Waals surface area contributed by atoms with E-state index in [1.54, 1.807) is 0 Å². The van der Waals surface area contributed by atoms with Crippen LogP contribution in [-0.2, 0) is 5.54 Å². The fourth-order valence-electron chi connectivity index (χ4n) is 3.27. The maximum absolute atomic E-state index is 4.93. The van der Waals surface area contributed by atoms with Gasteiger partial charge >= 0.3 is 0 Å². The first-order valence-electron chi connectivity index (χ1n) is 7.28. The lowest BCUT2D eigenvalue weighted by molar-refractivity contribution is 0.145. The van der Waals surface area contributed by atoms with Crippen LogP contribution in [0.5, 0.6) is 0 Å². The second-order valence-electron chi connectivity index (χ2n) is 5.80. The molecule has 1 N–H and O–H groups in total. The highest BCUT2D eigenvalue weighted by atomic mass is 32.1. The van der Waals surface area contributed by atoms with E-state index >= 15 is 0 Å². The molecule has 2 atom stereocenters. The van der Waals surface area contributed by atoms with Crippen LogP contribution in [0.15, 0.2) is 5.38 Å². The van der Waals surface area contributed by atoms with Crippen LogP contribution in [0.3, 0.4) is 0 Å². The highest BCUT2D eigenvalue weighted by Crippen LogP contribution is 2.44. The zero-order valence-electron chi connectivity index (χ0n) is 12.1. The molecule has 1 aliphatic carbocycles. The third-order valence-corrected chi connectivity index (χ3v) is 5.54. The number of hydrogen-bond acceptors (Lipinski definition) is 3. The number of rotatable bonds is 4. The van der Waals surface area contributed by atoms with Crippen molar-refractivity contribution in [3.05, 3.63) is 16.1 Å². The van der Waals surface area contributed by atoms with Crippen molar-refractivity contribution in [2.75, 3.05) is 7.05 Å². The fraction of sp³-hybridized carbons (Fsp3) is 0.800. The summed E-state index contributed by atoms with van der Waals surface area (Å²) in [6, 6.07) is 0. The molecular weight excluding hydrogens is 240 g/mol. The van der Waals surface area contributed by atoms with E-state index in [2.05, 4.69) is 38.5 Å². The van der Waals surface area contributed by atoms with Crippen molar-refractivity contribution < 1.29 is 0 Å². The Bertz CT molecular complexity index is 386. The van der Waals surface area contributed by atoms with Crippen molar-refractivity contribution in [1.82, 2.24) is 10.3 Å². The van der Waals surface area contributed by atoms with Gasteiger partial charge < -0.3 is 5.32 Å². The molecule has 0 saturated heterocycles. The number of thiazole rings is 1. The maximum atomic E-state index is 4.93. The smallest absolute Gasteiger partial charge is 0.113 e. The van der Waals surface area contributed by atoms with E-state index in [0.717, 1.165) is 5.92 Å². The Morgan fingerprint density at radius 3 is 2.83 bits per heavy atom. The largest absolute Gasteiger partial charge is 0.308 e. The third-order valence-electron chi connectivity index (χ3n) is 4.50. The Labute approximate surface area is 115 Å². The highest BCUT2D eigenvalue weighted by molar-refractivity contribution is 7.09. The standard InChI is InChI=1S/C15H26N2S/c1-5-12-8-6-7-9-15(12,16-4)14-17-13(10-18-14)11(2)3/h10-12,16H,5-9H2,1-4H3. The minimum atomic E-state index is 0.144. The van der Waals surface area contributed by atoms with Crippen molar-refractivity contribution in [3.8, 4) is 0 Å². The quantitative estimate of drug-likeness (QED) is 0.879. The molecular formula is C15H26N2S. The van der Waals surface area contributed by atoms with E-state index in [0.29, 0.717) is 5.92 Å². The summed E-state index contributed by atoms with van der Waals surface area (Å²) in [6.45, 7) is 6.77. The van der Waals surface area contributed by atoms with E-state index in [1.165, 1.54) is 42.8 Å². The molecule has 2 unspecified atom stereocenters. The van der Waals surface area contributed by atoms with Crippen LogP contribution < -0.4 is 5.32 Å². The van der Waals surface area contributed by atoms with Crippen molar-refractivity contribution in [3.63, 3.8) is 0 Å². The Kier molecular flexibility index (Phi) is 4.44. The fourth-order valence-corrected chi connectivity index (χ4v) is 4.57. The molecule has 0 bridgehead atoms. The zero-order valence-corrected chi connectivity index (χ0v) is 12.9. The molecule has 3 heteroatoms. The van der Waals surface area contributed by atoms with Gasteiger partial charge in [-0.1, -0.05) is 40.0 Å². The molecule has 0 aromatic carbocycles. The molecule has 18 heavy (non-hydrogen) atoms. The number of nitrogens with one attached hydrogen (secondary N) is 1. The van der Waals surface area contributed by atoms with Gasteiger partial charge in [0.2, 0.25) is 0 Å². The predicted molar refractivity (Wildman–Crippen MR) is 79.2 cm³/mol. The Hall–Kier alpha value is -0.410. The van der Waals surface area contributed by atoms with Crippen molar-refractivity contribution in [1.29, 1.82) is 0 Å². The van der Waals surface area contributed by atoms with Crippen LogP contribution in [-0.4, -0.2) is 12.0 Å². The molecule has 0 amide bonds. The molecule has 0 radical (unpaired) electrons. The Morgan fingerprint density at radius 2 is 2.28 bits per heavy atom. The van der Waals surface area contributed by atoms with E-state index in [9.17, 15) is 0 Å². The van der Waals surface area contributed by atoms with Gasteiger partial charge in [0.1, 0.15) is 5.01 Å². The van der Waals surface area contributed by atoms with Crippen LogP contribution >= 0.6 is 11.3 Å². The molecule has 0 spiro atoms. The number of aromatic nitrogens is 1. The van der Waals surface area contributed by atoms with Gasteiger partial charge in [-0.2, -0.15) is 0 Å². The van der Waals surface area contributed by atoms with Crippen LogP contribution in [0.4, 0.5) is 0 Å². The summed E-state index contributed by atoms with van der Waals surface area (Å²) in [5.74, 6) is 1.27. The number of nitrogens with zero attached hydrogens (tertiary/aromatic N) is 1. The summed E-state index contributed by atoms with van der Waals surface area (Å²) < 4.78 is 0. The average molecular weight is 266 g/mol. The van der Waals surface area contributed by atoms with Gasteiger partial charge in [-0.25, -0.2) is 4.98 Å². The molecule has 2 rings (SSSR count). The summed E-state index contributed by atoms with van der Waals surface area (Å²) >= 11 is 1.85. The molecule has 1 aromatic heterocycles. The minimum Gasteiger partial charge on any atom is -0.308 e. The van der Waals surface area contributed by atoms with E-state index < -0.39 is 0 Å². The van der Waals surface area contributed by atoms with Gasteiger partial charge in [0.15, 0.2) is 0 Å². The van der Waals surface area contributed by atoms with Crippen molar-refractivity contribution >= 4 is 11.3 Å². The summed E-state index contributed by atoms with van der Waals surface area (Å²) in [5.41, 5.74) is 1.40. The monoisotopic (exact) mass is 266 g/mol. The summed E-state index contributed by atoms with van der Waals surface area (Å²) in [4.78, 5) is 4.93. The molecule has 1 saturated carbocycles. The van der Waals surface area contributed by atoms with E-state index in [4.69, 9.17) is 4.98 Å². The lowest BCUT2D eigenvalue weighted by Gasteiger charge is -2.42. The summed E-state index contributed by atoms with van der Waals surface area (Å²) in [6.07, 6.45) is 6.54. The average Bonchev–Trinajstić information content (AvgIpc) is 2.88. The van der Waals surface area contributed by atoms with Crippen molar-refractivity contribution in [2.24, 2.45) is 5.92 Å². The maximum Gasteiger partial charge on any atom is 0.113 e. The first kappa shape index (κ1) is 14.0. The summed E-state index contributed by atoms with van der Waals surface area (Å²) in [7, 11) is 2.12. The Balaban J connectivity index is 2.34. The van der Waals surface area contributed by atoms with Gasteiger partial charge in [-0.3, -0.25) is 0 Å². The normalized spacial score (nSPS) is 28.8. The molecule has 1 aliphatic rings. The van der Waals surface area contributed by atoms with Gasteiger partial charge in [-0.05, 0) is 31.7 Å². The molecule has 0 aliphatic heterocycles. The van der Waals surface area contributed by atoms with Crippen molar-refractivity contribution in [2.45, 2.75) is 64.3 Å². The van der Waals surface area contributed by atoms with Crippen LogP contribution in [0.1, 0.15) is 69.5 Å². The molecule has 1 heterocycles. The SMILES string of the molecule is CCC1CCCCC1(NC)c1nc(C(C)C)cs1. The van der Waals surface area contributed by atoms with Gasteiger partial charge in [0.05, 0.1) is 11.2 Å². The molecule has 1 aromatic rings. The highest BCUT2D eigenvalue weighted by Gasteiger charge is 2.42. The first-order valence-corrected chi connectivity index (χ1v) is 8.16. The topological polar surface area (TPSA) is 24.9 Å². The van der Waals surface area contributed by atoms with Crippen LogP contribution in [0.25, 0.3) is 0 Å². The van der Waals surface area contributed by atoms with Gasteiger partial charge in [0, 0.05) is 5.38 Å². The van der Waals surface area contributed by atoms with E-state index in [-0.39, 0.29) is 5.54 Å². The minimum absolute atomic E-state index is 0.144. The lowest BCUT2D eigenvalue weighted by Crippen LogP contribution is -2.48. The lowest BCUT2D eigenvalue weighted by atomic mass is 9.72. The zero-order chi connectivity index (χ0) is 13.2. The summed E-state index contributed by atoms with van der Waals surface area (Å²) in [5, 5.41) is 7.20. The third kappa shape index (κ3) is 2.35.